The molecule has 1 aliphatic rings. The number of hydrogen-bond donors (Lipinski definition) is 0. The highest BCUT2D eigenvalue weighted by atomic mass is 35.5. The maximum atomic E-state index is 13.1. The fourth-order valence-corrected chi connectivity index (χ4v) is 5.07. The average Bonchev–Trinajstić information content (AvgIpc) is 2.88. The van der Waals surface area contributed by atoms with Crippen molar-refractivity contribution in [3.05, 3.63) is 63.1 Å². The predicted octanol–water partition coefficient (Wildman–Crippen LogP) is 2.53. The van der Waals surface area contributed by atoms with E-state index in [2.05, 4.69) is 0 Å². The van der Waals surface area contributed by atoms with Gasteiger partial charge in [0.25, 0.3) is 0 Å². The first-order valence-electron chi connectivity index (χ1n) is 7.74. The minimum absolute atomic E-state index is 0.0459. The Morgan fingerprint density at radius 3 is 2.64 bits per heavy atom. The van der Waals surface area contributed by atoms with Crippen molar-refractivity contribution in [1.82, 2.24) is 8.87 Å². The SMILES string of the molecule is Cn1c(=O)oc2cc(S(=O)(=O)N3CCc4ccccc4C3)c(Cl)cc21. The van der Waals surface area contributed by atoms with E-state index in [0.717, 1.165) is 11.1 Å². The molecule has 6 nitrogen and oxygen atoms in total. The molecule has 2 heterocycles. The zero-order valence-corrected chi connectivity index (χ0v) is 15.0. The van der Waals surface area contributed by atoms with Crippen molar-refractivity contribution in [3.8, 4) is 0 Å². The van der Waals surface area contributed by atoms with Crippen LogP contribution in [-0.4, -0.2) is 23.8 Å². The summed E-state index contributed by atoms with van der Waals surface area (Å²) < 4.78 is 33.9. The average molecular weight is 379 g/mol. The summed E-state index contributed by atoms with van der Waals surface area (Å²) in [6.45, 7) is 0.679. The molecule has 130 valence electrons. The second-order valence-electron chi connectivity index (χ2n) is 6.03. The molecule has 3 aromatic rings. The van der Waals surface area contributed by atoms with E-state index in [1.165, 1.54) is 21.0 Å². The van der Waals surface area contributed by atoms with Gasteiger partial charge < -0.3 is 4.42 Å². The van der Waals surface area contributed by atoms with E-state index in [1.54, 1.807) is 7.05 Å². The third kappa shape index (κ3) is 2.59. The highest BCUT2D eigenvalue weighted by Crippen LogP contribution is 2.31. The van der Waals surface area contributed by atoms with Crippen LogP contribution in [0.1, 0.15) is 11.1 Å². The number of nitrogens with zero attached hydrogens (tertiary/aromatic N) is 2. The summed E-state index contributed by atoms with van der Waals surface area (Å²) in [5, 5.41) is 0.0720. The first kappa shape index (κ1) is 16.4. The molecule has 0 aliphatic carbocycles. The number of fused-ring (bicyclic) bond motifs is 2. The quantitative estimate of drug-likeness (QED) is 0.687. The van der Waals surface area contributed by atoms with Crippen molar-refractivity contribution in [3.63, 3.8) is 0 Å². The molecule has 0 fully saturated rings. The maximum absolute atomic E-state index is 13.1. The van der Waals surface area contributed by atoms with Gasteiger partial charge in [-0.25, -0.2) is 13.2 Å². The Morgan fingerprint density at radius 2 is 1.88 bits per heavy atom. The van der Waals surface area contributed by atoms with Crippen LogP contribution in [0.3, 0.4) is 0 Å². The Balaban J connectivity index is 1.80. The summed E-state index contributed by atoms with van der Waals surface area (Å²) in [5.74, 6) is -0.562. The number of benzene rings is 2. The van der Waals surface area contributed by atoms with E-state index in [-0.39, 0.29) is 15.5 Å². The van der Waals surface area contributed by atoms with E-state index < -0.39 is 15.8 Å². The largest absolute Gasteiger partial charge is 0.419 e. The van der Waals surface area contributed by atoms with Gasteiger partial charge in [0.05, 0.1) is 10.5 Å². The fourth-order valence-electron chi connectivity index (χ4n) is 3.14. The lowest BCUT2D eigenvalue weighted by molar-refractivity contribution is 0.391. The first-order chi connectivity index (χ1) is 11.9. The van der Waals surface area contributed by atoms with Gasteiger partial charge in [0.1, 0.15) is 4.90 Å². The highest BCUT2D eigenvalue weighted by Gasteiger charge is 2.30. The number of aryl methyl sites for hydroxylation is 1. The van der Waals surface area contributed by atoms with Gasteiger partial charge in [-0.1, -0.05) is 35.9 Å². The third-order valence-electron chi connectivity index (χ3n) is 4.56. The van der Waals surface area contributed by atoms with E-state index in [9.17, 15) is 13.2 Å². The standard InChI is InChI=1S/C17H15ClN2O4S/c1-19-14-8-13(18)16(9-15(14)24-17(19)21)25(22,23)20-7-6-11-4-2-3-5-12(11)10-20/h2-5,8-9H,6-7,10H2,1H3. The number of halogens is 1. The monoisotopic (exact) mass is 378 g/mol. The molecular formula is C17H15ClN2O4S. The molecule has 0 bridgehead atoms. The van der Waals surface area contributed by atoms with Crippen molar-refractivity contribution in [2.45, 2.75) is 17.9 Å². The van der Waals surface area contributed by atoms with Crippen LogP contribution in [0.5, 0.6) is 0 Å². The molecule has 8 heteroatoms. The van der Waals surface area contributed by atoms with Crippen LogP contribution < -0.4 is 5.76 Å². The second kappa shape index (κ2) is 5.72. The van der Waals surface area contributed by atoms with Gasteiger partial charge in [-0.15, -0.1) is 0 Å². The van der Waals surface area contributed by atoms with Gasteiger partial charge >= 0.3 is 5.76 Å². The van der Waals surface area contributed by atoms with Gasteiger partial charge in [0.15, 0.2) is 5.58 Å². The number of aromatic nitrogens is 1. The molecule has 0 saturated heterocycles. The fraction of sp³-hybridized carbons (Fsp3) is 0.235. The van der Waals surface area contributed by atoms with Crippen LogP contribution >= 0.6 is 11.6 Å². The Labute approximate surface area is 149 Å². The van der Waals surface area contributed by atoms with Crippen LogP contribution in [0.4, 0.5) is 0 Å². The van der Waals surface area contributed by atoms with Crippen LogP contribution in [0.25, 0.3) is 11.1 Å². The molecule has 0 saturated carbocycles. The molecule has 1 aromatic heterocycles. The van der Waals surface area contributed by atoms with E-state index in [0.29, 0.717) is 25.0 Å². The molecule has 0 radical (unpaired) electrons. The summed E-state index contributed by atoms with van der Waals surface area (Å²) in [6.07, 6.45) is 0.648. The molecule has 4 rings (SSSR count). The first-order valence-corrected chi connectivity index (χ1v) is 9.56. The predicted molar refractivity (Wildman–Crippen MR) is 94.2 cm³/mol. The number of hydrogen-bond acceptors (Lipinski definition) is 4. The molecule has 0 spiro atoms. The maximum Gasteiger partial charge on any atom is 0.419 e. The zero-order chi connectivity index (χ0) is 17.8. The summed E-state index contributed by atoms with van der Waals surface area (Å²) in [6, 6.07) is 10.6. The number of oxazole rings is 1. The highest BCUT2D eigenvalue weighted by molar-refractivity contribution is 7.89. The molecule has 0 unspecified atom stereocenters. The molecule has 0 N–H and O–H groups in total. The van der Waals surface area contributed by atoms with Crippen LogP contribution in [0, 0.1) is 0 Å². The van der Waals surface area contributed by atoms with Gasteiger partial charge in [-0.05, 0) is 23.6 Å². The van der Waals surface area contributed by atoms with Gasteiger partial charge in [0, 0.05) is 26.2 Å². The smallest absolute Gasteiger partial charge is 0.408 e. The molecule has 0 atom stereocenters. The van der Waals surface area contributed by atoms with Gasteiger partial charge in [-0.2, -0.15) is 4.31 Å². The number of rotatable bonds is 2. The molecule has 25 heavy (non-hydrogen) atoms. The zero-order valence-electron chi connectivity index (χ0n) is 13.4. The lowest BCUT2D eigenvalue weighted by Crippen LogP contribution is -2.36. The summed E-state index contributed by atoms with van der Waals surface area (Å²) in [5.41, 5.74) is 2.80. The lowest BCUT2D eigenvalue weighted by atomic mass is 10.0. The Bertz CT molecular complexity index is 1150. The Morgan fingerprint density at radius 1 is 1.16 bits per heavy atom. The number of sulfonamides is 1. The Kier molecular flexibility index (Phi) is 3.75. The summed E-state index contributed by atoms with van der Waals surface area (Å²) in [7, 11) is -2.26. The van der Waals surface area contributed by atoms with E-state index >= 15 is 0 Å². The van der Waals surface area contributed by atoms with Gasteiger partial charge in [0.2, 0.25) is 10.0 Å². The van der Waals surface area contributed by atoms with Crippen LogP contribution in [-0.2, 0) is 30.0 Å². The van der Waals surface area contributed by atoms with Crippen molar-refractivity contribution in [1.29, 1.82) is 0 Å². The van der Waals surface area contributed by atoms with Crippen LogP contribution in [0.15, 0.2) is 50.5 Å². The molecular weight excluding hydrogens is 364 g/mol. The van der Waals surface area contributed by atoms with Crippen molar-refractivity contribution >= 4 is 32.7 Å². The Hall–Kier alpha value is -2.09. The third-order valence-corrected chi connectivity index (χ3v) is 6.87. The topological polar surface area (TPSA) is 72.5 Å². The lowest BCUT2D eigenvalue weighted by Gasteiger charge is -2.28. The minimum atomic E-state index is -3.80. The van der Waals surface area contributed by atoms with Crippen molar-refractivity contribution in [2.24, 2.45) is 7.05 Å². The second-order valence-corrected chi connectivity index (χ2v) is 8.35. The molecule has 1 aliphatic heterocycles. The van der Waals surface area contributed by atoms with Crippen molar-refractivity contribution in [2.75, 3.05) is 6.54 Å². The van der Waals surface area contributed by atoms with Crippen molar-refractivity contribution < 1.29 is 12.8 Å². The van der Waals surface area contributed by atoms with Gasteiger partial charge in [-0.3, -0.25) is 4.57 Å². The van der Waals surface area contributed by atoms with E-state index in [4.69, 9.17) is 16.0 Å². The van der Waals surface area contributed by atoms with Crippen LogP contribution in [0.2, 0.25) is 5.02 Å². The molecule has 0 amide bonds. The molecule has 2 aromatic carbocycles. The van der Waals surface area contributed by atoms with E-state index in [1.807, 2.05) is 24.3 Å². The normalized spacial score (nSPS) is 15.4. The minimum Gasteiger partial charge on any atom is -0.408 e. The summed E-state index contributed by atoms with van der Waals surface area (Å²) in [4.78, 5) is 11.6. The summed E-state index contributed by atoms with van der Waals surface area (Å²) >= 11 is 6.23.